The van der Waals surface area contributed by atoms with Crippen LogP contribution >= 0.6 is 0 Å². The molecule has 3 heteroatoms. The van der Waals surface area contributed by atoms with Crippen LogP contribution < -0.4 is 5.32 Å². The molecule has 2 unspecified atom stereocenters. The van der Waals surface area contributed by atoms with Gasteiger partial charge in [-0.25, -0.2) is 0 Å². The monoisotopic (exact) mass is 263 g/mol. The summed E-state index contributed by atoms with van der Waals surface area (Å²) in [6.45, 7) is 4.28. The van der Waals surface area contributed by atoms with Crippen LogP contribution in [0, 0.1) is 11.3 Å². The van der Waals surface area contributed by atoms with E-state index in [1.807, 2.05) is 0 Å². The molecule has 0 aromatic rings. The Labute approximate surface area is 118 Å². The normalized spacial score (nSPS) is 32.9. The molecule has 0 spiro atoms. The molecule has 2 atom stereocenters. The Balaban J connectivity index is 2.00. The van der Waals surface area contributed by atoms with E-state index >= 15 is 0 Å². The summed E-state index contributed by atoms with van der Waals surface area (Å²) in [5.41, 5.74) is -0.288. The van der Waals surface area contributed by atoms with Crippen LogP contribution in [0.4, 0.5) is 0 Å². The molecular formula is C16H29N3. The summed E-state index contributed by atoms with van der Waals surface area (Å²) in [6.07, 6.45) is 9.91. The maximum absolute atomic E-state index is 9.62. The number of nitrogens with zero attached hydrogens (tertiary/aromatic N) is 2. The van der Waals surface area contributed by atoms with Crippen LogP contribution in [0.1, 0.15) is 65.2 Å². The smallest absolute Gasteiger partial charge is 0.108 e. The summed E-state index contributed by atoms with van der Waals surface area (Å²) in [4.78, 5) is 2.58. The molecule has 19 heavy (non-hydrogen) atoms. The number of hydrogen-bond donors (Lipinski definition) is 1. The van der Waals surface area contributed by atoms with E-state index in [4.69, 9.17) is 0 Å². The first-order chi connectivity index (χ1) is 9.06. The molecule has 1 N–H and O–H groups in total. The predicted molar refractivity (Wildman–Crippen MR) is 78.9 cm³/mol. The van der Waals surface area contributed by atoms with Gasteiger partial charge in [0.15, 0.2) is 0 Å². The van der Waals surface area contributed by atoms with Crippen LogP contribution in [-0.2, 0) is 0 Å². The highest BCUT2D eigenvalue weighted by Gasteiger charge is 2.39. The number of nitrogens with one attached hydrogen (secondary N) is 1. The van der Waals surface area contributed by atoms with E-state index in [9.17, 15) is 5.26 Å². The fourth-order valence-corrected chi connectivity index (χ4v) is 4.02. The van der Waals surface area contributed by atoms with Gasteiger partial charge in [0.1, 0.15) is 5.54 Å². The van der Waals surface area contributed by atoms with E-state index in [-0.39, 0.29) is 5.54 Å². The first-order valence-electron chi connectivity index (χ1n) is 7.97. The molecule has 108 valence electrons. The van der Waals surface area contributed by atoms with E-state index in [2.05, 4.69) is 37.2 Å². The van der Waals surface area contributed by atoms with Crippen molar-refractivity contribution in [3.8, 4) is 6.07 Å². The summed E-state index contributed by atoms with van der Waals surface area (Å²) < 4.78 is 0. The number of rotatable bonds is 4. The van der Waals surface area contributed by atoms with Crippen molar-refractivity contribution in [2.75, 3.05) is 7.05 Å². The minimum absolute atomic E-state index is 0.288. The van der Waals surface area contributed by atoms with Gasteiger partial charge in [-0.3, -0.25) is 5.32 Å². The van der Waals surface area contributed by atoms with Crippen LogP contribution in [0.25, 0.3) is 0 Å². The van der Waals surface area contributed by atoms with Crippen molar-refractivity contribution in [1.82, 2.24) is 10.2 Å². The van der Waals surface area contributed by atoms with Crippen molar-refractivity contribution in [1.29, 1.82) is 5.26 Å². The molecule has 0 aromatic heterocycles. The van der Waals surface area contributed by atoms with Gasteiger partial charge in [-0.05, 0) is 59.4 Å². The molecule has 0 radical (unpaired) electrons. The van der Waals surface area contributed by atoms with Gasteiger partial charge < -0.3 is 4.90 Å². The zero-order valence-electron chi connectivity index (χ0n) is 12.8. The number of nitriles is 1. The second-order valence-electron chi connectivity index (χ2n) is 6.85. The molecular weight excluding hydrogens is 234 g/mol. The Morgan fingerprint density at radius 2 is 1.79 bits per heavy atom. The average Bonchev–Trinajstić information content (AvgIpc) is 2.91. The summed E-state index contributed by atoms with van der Waals surface area (Å²) >= 11 is 0. The highest BCUT2D eigenvalue weighted by Crippen LogP contribution is 2.34. The van der Waals surface area contributed by atoms with E-state index in [0.29, 0.717) is 12.1 Å². The van der Waals surface area contributed by atoms with Gasteiger partial charge in [0, 0.05) is 18.1 Å². The first-order valence-corrected chi connectivity index (χ1v) is 7.97. The van der Waals surface area contributed by atoms with Gasteiger partial charge in [0.25, 0.3) is 0 Å². The van der Waals surface area contributed by atoms with Crippen LogP contribution in [0.15, 0.2) is 0 Å². The molecule has 0 aliphatic heterocycles. The maximum Gasteiger partial charge on any atom is 0.108 e. The minimum Gasteiger partial charge on any atom is -0.300 e. The van der Waals surface area contributed by atoms with Gasteiger partial charge in [-0.1, -0.05) is 12.8 Å². The van der Waals surface area contributed by atoms with Crippen molar-refractivity contribution in [3.05, 3.63) is 0 Å². The van der Waals surface area contributed by atoms with Gasteiger partial charge in [0.05, 0.1) is 6.07 Å². The van der Waals surface area contributed by atoms with Crippen molar-refractivity contribution in [3.63, 3.8) is 0 Å². The Morgan fingerprint density at radius 3 is 2.37 bits per heavy atom. The van der Waals surface area contributed by atoms with Crippen molar-refractivity contribution >= 4 is 0 Å². The van der Waals surface area contributed by atoms with E-state index in [1.165, 1.54) is 38.5 Å². The molecule has 0 saturated heterocycles. The zero-order valence-corrected chi connectivity index (χ0v) is 12.8. The van der Waals surface area contributed by atoms with Crippen LogP contribution in [0.2, 0.25) is 0 Å². The van der Waals surface area contributed by atoms with Crippen LogP contribution in [-0.4, -0.2) is 35.6 Å². The lowest BCUT2D eigenvalue weighted by molar-refractivity contribution is 0.104. The largest absolute Gasteiger partial charge is 0.300 e. The third kappa shape index (κ3) is 3.49. The topological polar surface area (TPSA) is 39.1 Å². The molecule has 2 aliphatic carbocycles. The van der Waals surface area contributed by atoms with Gasteiger partial charge >= 0.3 is 0 Å². The highest BCUT2D eigenvalue weighted by atomic mass is 15.2. The Kier molecular flexibility index (Phi) is 4.86. The third-order valence-electron chi connectivity index (χ3n) is 4.98. The molecule has 0 bridgehead atoms. The SMILES string of the molecule is CC(C)NC1(C#N)CCCC(N(C)C2CCCC2)C1. The molecule has 3 nitrogen and oxygen atoms in total. The minimum atomic E-state index is -0.288. The first kappa shape index (κ1) is 14.8. The van der Waals surface area contributed by atoms with Gasteiger partial charge in [0.2, 0.25) is 0 Å². The Hall–Kier alpha value is -0.590. The molecule has 2 saturated carbocycles. The quantitative estimate of drug-likeness (QED) is 0.847. The van der Waals surface area contributed by atoms with Crippen molar-refractivity contribution in [2.45, 2.75) is 88.9 Å². The lowest BCUT2D eigenvalue weighted by atomic mass is 9.78. The van der Waals surface area contributed by atoms with Crippen LogP contribution in [0.3, 0.4) is 0 Å². The standard InChI is InChI=1S/C16H29N3/c1-13(2)18-16(12-17)10-6-9-15(11-16)19(3)14-7-4-5-8-14/h13-15,18H,4-11H2,1-3H3. The Bertz CT molecular complexity index is 327. The summed E-state index contributed by atoms with van der Waals surface area (Å²) in [7, 11) is 2.28. The second-order valence-corrected chi connectivity index (χ2v) is 6.85. The summed E-state index contributed by atoms with van der Waals surface area (Å²) in [6, 6.07) is 4.32. The summed E-state index contributed by atoms with van der Waals surface area (Å²) in [5.74, 6) is 0. The molecule has 2 aliphatic rings. The predicted octanol–water partition coefficient (Wildman–Crippen LogP) is 3.06. The summed E-state index contributed by atoms with van der Waals surface area (Å²) in [5, 5.41) is 13.2. The molecule has 2 fully saturated rings. The van der Waals surface area contributed by atoms with E-state index < -0.39 is 0 Å². The fraction of sp³-hybridized carbons (Fsp3) is 0.938. The van der Waals surface area contributed by atoms with Crippen molar-refractivity contribution in [2.24, 2.45) is 0 Å². The molecule has 0 aromatic carbocycles. The Morgan fingerprint density at radius 1 is 1.16 bits per heavy atom. The van der Waals surface area contributed by atoms with Gasteiger partial charge in [-0.2, -0.15) is 5.26 Å². The zero-order chi connectivity index (χ0) is 13.9. The molecule has 2 rings (SSSR count). The van der Waals surface area contributed by atoms with E-state index in [1.54, 1.807) is 0 Å². The van der Waals surface area contributed by atoms with Crippen molar-refractivity contribution < 1.29 is 0 Å². The van der Waals surface area contributed by atoms with Crippen LogP contribution in [0.5, 0.6) is 0 Å². The highest BCUT2D eigenvalue weighted by molar-refractivity contribution is 5.12. The molecule has 0 amide bonds. The lowest BCUT2D eigenvalue weighted by Crippen LogP contribution is -2.55. The lowest BCUT2D eigenvalue weighted by Gasteiger charge is -2.43. The third-order valence-corrected chi connectivity index (χ3v) is 4.98. The van der Waals surface area contributed by atoms with E-state index in [0.717, 1.165) is 18.9 Å². The number of hydrogen-bond acceptors (Lipinski definition) is 3. The fourth-order valence-electron chi connectivity index (χ4n) is 4.02. The molecule has 0 heterocycles. The average molecular weight is 263 g/mol. The second kappa shape index (κ2) is 6.24. The maximum atomic E-state index is 9.62. The van der Waals surface area contributed by atoms with Gasteiger partial charge in [-0.15, -0.1) is 0 Å².